The van der Waals surface area contributed by atoms with Crippen LogP contribution in [0.3, 0.4) is 0 Å². The van der Waals surface area contributed by atoms with Crippen LogP contribution >= 0.6 is 0 Å². The van der Waals surface area contributed by atoms with Gasteiger partial charge in [-0.1, -0.05) is 6.92 Å². The van der Waals surface area contributed by atoms with Gasteiger partial charge in [-0.05, 0) is 6.42 Å². The lowest BCUT2D eigenvalue weighted by Crippen LogP contribution is -2.32. The summed E-state index contributed by atoms with van der Waals surface area (Å²) in [4.78, 5) is 8.60. The third kappa shape index (κ3) is 2.98. The fourth-order valence-electron chi connectivity index (χ4n) is 1.43. The fraction of sp³-hybridized carbons (Fsp3) is 0.556. The van der Waals surface area contributed by atoms with E-state index in [-0.39, 0.29) is 11.6 Å². The number of anilines is 2. The molecule has 0 aliphatic carbocycles. The lowest BCUT2D eigenvalue weighted by molar-refractivity contribution is -0.119. The Morgan fingerprint density at radius 1 is 1.38 bits per heavy atom. The van der Waals surface area contributed by atoms with E-state index in [0.29, 0.717) is 12.0 Å². The van der Waals surface area contributed by atoms with Crippen molar-refractivity contribution in [3.8, 4) is 0 Å². The maximum Gasteiger partial charge on any atom is 0.405 e. The van der Waals surface area contributed by atoms with Crippen LogP contribution in [0.4, 0.5) is 24.8 Å². The second-order valence-corrected chi connectivity index (χ2v) is 3.39. The summed E-state index contributed by atoms with van der Waals surface area (Å²) in [5, 5.41) is 0. The lowest BCUT2D eigenvalue weighted by atomic mass is 10.2. The Morgan fingerprint density at radius 3 is 2.50 bits per heavy atom. The van der Waals surface area contributed by atoms with Crippen molar-refractivity contribution < 1.29 is 13.2 Å². The number of nitrogens with zero attached hydrogens (tertiary/aromatic N) is 3. The highest BCUT2D eigenvalue weighted by molar-refractivity contribution is 5.56. The Morgan fingerprint density at radius 2 is 2.00 bits per heavy atom. The fourth-order valence-corrected chi connectivity index (χ4v) is 1.43. The van der Waals surface area contributed by atoms with Crippen LogP contribution in [0.1, 0.15) is 12.5 Å². The van der Waals surface area contributed by atoms with Crippen molar-refractivity contribution in [1.29, 1.82) is 0 Å². The van der Waals surface area contributed by atoms with E-state index >= 15 is 0 Å². The molecule has 4 nitrogen and oxygen atoms in total. The van der Waals surface area contributed by atoms with Crippen LogP contribution in [0.2, 0.25) is 0 Å². The first-order chi connectivity index (χ1) is 7.35. The van der Waals surface area contributed by atoms with Gasteiger partial charge in [0.2, 0.25) is 0 Å². The molecule has 0 aliphatic rings. The molecule has 7 heteroatoms. The van der Waals surface area contributed by atoms with Crippen LogP contribution in [0.15, 0.2) is 6.33 Å². The van der Waals surface area contributed by atoms with Crippen LogP contribution in [0.25, 0.3) is 0 Å². The van der Waals surface area contributed by atoms with Crippen LogP contribution in [0.5, 0.6) is 0 Å². The highest BCUT2D eigenvalue weighted by Crippen LogP contribution is 2.24. The molecule has 90 valence electrons. The molecule has 16 heavy (non-hydrogen) atoms. The molecule has 0 saturated heterocycles. The van der Waals surface area contributed by atoms with Crippen LogP contribution in [-0.4, -0.2) is 29.7 Å². The molecule has 0 bridgehead atoms. The number of aromatic nitrogens is 2. The number of nitrogens with two attached hydrogens (primary N) is 1. The van der Waals surface area contributed by atoms with Crippen molar-refractivity contribution in [3.05, 3.63) is 11.9 Å². The summed E-state index contributed by atoms with van der Waals surface area (Å²) in [5.74, 6) is 0.453. The molecule has 1 aromatic rings. The average molecular weight is 234 g/mol. The highest BCUT2D eigenvalue weighted by atomic mass is 19.4. The summed E-state index contributed by atoms with van der Waals surface area (Å²) >= 11 is 0. The summed E-state index contributed by atoms with van der Waals surface area (Å²) in [5.41, 5.74) is 6.11. The molecular formula is C9H13F3N4. The molecule has 0 atom stereocenters. The monoisotopic (exact) mass is 234 g/mol. The number of alkyl halides is 3. The Bertz CT molecular complexity index is 364. The van der Waals surface area contributed by atoms with Crippen LogP contribution < -0.4 is 10.6 Å². The van der Waals surface area contributed by atoms with Crippen molar-refractivity contribution in [2.45, 2.75) is 19.5 Å². The van der Waals surface area contributed by atoms with Crippen LogP contribution in [-0.2, 0) is 6.42 Å². The molecule has 0 unspecified atom stereocenters. The minimum Gasteiger partial charge on any atom is -0.383 e. The number of rotatable bonds is 3. The molecule has 0 radical (unpaired) electrons. The predicted octanol–water partition coefficient (Wildman–Crippen LogP) is 1.62. The highest BCUT2D eigenvalue weighted by Gasteiger charge is 2.30. The number of hydrogen-bond donors (Lipinski definition) is 1. The second-order valence-electron chi connectivity index (χ2n) is 3.39. The first-order valence-electron chi connectivity index (χ1n) is 4.72. The van der Waals surface area contributed by atoms with Crippen molar-refractivity contribution in [2.75, 3.05) is 24.2 Å². The van der Waals surface area contributed by atoms with Gasteiger partial charge in [0.05, 0.1) is 0 Å². The topological polar surface area (TPSA) is 55.0 Å². The Hall–Kier alpha value is -1.53. The third-order valence-corrected chi connectivity index (χ3v) is 2.09. The molecule has 0 amide bonds. The van der Waals surface area contributed by atoms with Crippen molar-refractivity contribution in [1.82, 2.24) is 9.97 Å². The summed E-state index contributed by atoms with van der Waals surface area (Å²) in [6.45, 7) is 0.733. The zero-order valence-corrected chi connectivity index (χ0v) is 9.04. The Kier molecular flexibility index (Phi) is 3.56. The van der Waals surface area contributed by atoms with Gasteiger partial charge in [0.1, 0.15) is 24.5 Å². The smallest absolute Gasteiger partial charge is 0.383 e. The van der Waals surface area contributed by atoms with Gasteiger partial charge in [0, 0.05) is 12.6 Å². The molecule has 0 aromatic carbocycles. The van der Waals surface area contributed by atoms with E-state index in [0.717, 1.165) is 11.2 Å². The van der Waals surface area contributed by atoms with E-state index in [1.807, 2.05) is 0 Å². The second kappa shape index (κ2) is 4.54. The van der Waals surface area contributed by atoms with Gasteiger partial charge in [0.25, 0.3) is 0 Å². The minimum atomic E-state index is -4.26. The lowest BCUT2D eigenvalue weighted by Gasteiger charge is -2.22. The van der Waals surface area contributed by atoms with E-state index in [4.69, 9.17) is 5.73 Å². The molecule has 1 rings (SSSR count). The molecule has 1 heterocycles. The van der Waals surface area contributed by atoms with Crippen molar-refractivity contribution in [3.63, 3.8) is 0 Å². The maximum absolute atomic E-state index is 12.2. The number of halogens is 3. The molecule has 2 N–H and O–H groups in total. The van der Waals surface area contributed by atoms with E-state index < -0.39 is 12.7 Å². The van der Waals surface area contributed by atoms with Gasteiger partial charge in [0.15, 0.2) is 0 Å². The first kappa shape index (κ1) is 12.5. The van der Waals surface area contributed by atoms with Gasteiger partial charge >= 0.3 is 6.18 Å². The Balaban J connectivity index is 2.99. The normalized spacial score (nSPS) is 11.6. The van der Waals surface area contributed by atoms with Gasteiger partial charge in [-0.25, -0.2) is 9.97 Å². The van der Waals surface area contributed by atoms with Crippen LogP contribution in [0, 0.1) is 0 Å². The van der Waals surface area contributed by atoms with Gasteiger partial charge in [-0.3, -0.25) is 0 Å². The van der Waals surface area contributed by atoms with Crippen molar-refractivity contribution in [2.24, 2.45) is 0 Å². The van der Waals surface area contributed by atoms with Gasteiger partial charge in [-0.15, -0.1) is 0 Å². The molecule has 0 spiro atoms. The number of hydrogen-bond acceptors (Lipinski definition) is 4. The summed E-state index contributed by atoms with van der Waals surface area (Å²) in [7, 11) is 1.33. The average Bonchev–Trinajstić information content (AvgIpc) is 2.14. The predicted molar refractivity (Wildman–Crippen MR) is 55.1 cm³/mol. The molecule has 0 fully saturated rings. The minimum absolute atomic E-state index is 0.224. The summed E-state index contributed by atoms with van der Waals surface area (Å²) in [6, 6.07) is 0. The van der Waals surface area contributed by atoms with Gasteiger partial charge in [-0.2, -0.15) is 13.2 Å². The van der Waals surface area contributed by atoms with E-state index in [1.165, 1.54) is 7.05 Å². The largest absolute Gasteiger partial charge is 0.405 e. The molecule has 1 aromatic heterocycles. The quantitative estimate of drug-likeness (QED) is 0.863. The summed E-state index contributed by atoms with van der Waals surface area (Å²) in [6.07, 6.45) is -2.61. The van der Waals surface area contributed by atoms with Gasteiger partial charge < -0.3 is 10.6 Å². The summed E-state index contributed by atoms with van der Waals surface area (Å²) < 4.78 is 36.6. The Labute approximate surface area is 91.3 Å². The molecule has 0 saturated carbocycles. The van der Waals surface area contributed by atoms with E-state index in [1.54, 1.807) is 6.92 Å². The zero-order valence-electron chi connectivity index (χ0n) is 9.04. The standard InChI is InChI=1S/C9H13F3N4/c1-3-6-7(13)14-5-15-8(6)16(2)4-9(10,11)12/h5H,3-4H2,1-2H3,(H2,13,14,15). The zero-order chi connectivity index (χ0) is 12.3. The number of nitrogen functional groups attached to an aromatic ring is 1. The van der Waals surface area contributed by atoms with E-state index in [9.17, 15) is 13.2 Å². The third-order valence-electron chi connectivity index (χ3n) is 2.09. The first-order valence-corrected chi connectivity index (χ1v) is 4.72. The maximum atomic E-state index is 12.2. The molecular weight excluding hydrogens is 221 g/mol. The van der Waals surface area contributed by atoms with Crippen molar-refractivity contribution >= 4 is 11.6 Å². The van der Waals surface area contributed by atoms with E-state index in [2.05, 4.69) is 9.97 Å². The molecule has 0 aliphatic heterocycles. The SMILES string of the molecule is CCc1c(N)ncnc1N(C)CC(F)(F)F.